The maximum Gasteiger partial charge on any atom is 0.336 e. The first-order valence-corrected chi connectivity index (χ1v) is 6.73. The van der Waals surface area contributed by atoms with Crippen molar-refractivity contribution in [2.75, 3.05) is 5.32 Å². The molecular formula is C14H11BrN2O4. The van der Waals surface area contributed by atoms with E-state index in [1.165, 1.54) is 6.07 Å². The predicted octanol–water partition coefficient (Wildman–Crippen LogP) is 4.11. The number of anilines is 2. The van der Waals surface area contributed by atoms with E-state index in [0.717, 1.165) is 10.5 Å². The number of carboxylic acids is 1. The molecule has 21 heavy (non-hydrogen) atoms. The molecule has 0 atom stereocenters. The predicted molar refractivity (Wildman–Crippen MR) is 82.2 cm³/mol. The van der Waals surface area contributed by atoms with Gasteiger partial charge in [-0.15, -0.1) is 0 Å². The van der Waals surface area contributed by atoms with Crippen LogP contribution in [0.2, 0.25) is 0 Å². The number of nitrogens with zero attached hydrogens (tertiary/aromatic N) is 1. The van der Waals surface area contributed by atoms with Crippen molar-refractivity contribution in [1.82, 2.24) is 0 Å². The second kappa shape index (κ2) is 5.92. The SMILES string of the molecule is Cc1c(Nc2ccccc2Br)cc(C(=O)O)cc1[N+](=O)[O-]. The zero-order chi connectivity index (χ0) is 15.6. The molecule has 0 saturated heterocycles. The molecule has 0 fully saturated rings. The van der Waals surface area contributed by atoms with E-state index < -0.39 is 10.9 Å². The van der Waals surface area contributed by atoms with Crippen LogP contribution in [-0.2, 0) is 0 Å². The molecule has 0 aliphatic carbocycles. The Bertz CT molecular complexity index is 731. The summed E-state index contributed by atoms with van der Waals surface area (Å²) in [5.41, 5.74) is 1.08. The standard InChI is InChI=1S/C14H11BrN2O4/c1-8-12(16-11-5-3-2-4-10(11)15)6-9(14(18)19)7-13(8)17(20)21/h2-7,16H,1H3,(H,18,19). The number of hydrogen-bond acceptors (Lipinski definition) is 4. The molecule has 108 valence electrons. The number of nitro groups is 1. The van der Waals surface area contributed by atoms with Crippen molar-refractivity contribution in [2.45, 2.75) is 6.92 Å². The molecule has 0 radical (unpaired) electrons. The molecule has 0 amide bonds. The summed E-state index contributed by atoms with van der Waals surface area (Å²) in [7, 11) is 0. The summed E-state index contributed by atoms with van der Waals surface area (Å²) in [5.74, 6) is -1.21. The van der Waals surface area contributed by atoms with Gasteiger partial charge in [0.2, 0.25) is 0 Å². The minimum Gasteiger partial charge on any atom is -0.478 e. The Hall–Kier alpha value is -2.41. The molecule has 0 unspecified atom stereocenters. The lowest BCUT2D eigenvalue weighted by molar-refractivity contribution is -0.385. The van der Waals surface area contributed by atoms with Crippen LogP contribution in [0.15, 0.2) is 40.9 Å². The van der Waals surface area contributed by atoms with E-state index in [4.69, 9.17) is 5.11 Å². The third-order valence-electron chi connectivity index (χ3n) is 2.97. The van der Waals surface area contributed by atoms with Crippen molar-refractivity contribution in [2.24, 2.45) is 0 Å². The smallest absolute Gasteiger partial charge is 0.336 e. The molecule has 2 N–H and O–H groups in total. The summed E-state index contributed by atoms with van der Waals surface area (Å²) in [6, 6.07) is 9.67. The van der Waals surface area contributed by atoms with Crippen LogP contribution < -0.4 is 5.32 Å². The number of carboxylic acid groups (broad SMARTS) is 1. The molecule has 0 spiro atoms. The van der Waals surface area contributed by atoms with Crippen LogP contribution in [0, 0.1) is 17.0 Å². The van der Waals surface area contributed by atoms with Crippen LogP contribution in [0.5, 0.6) is 0 Å². The van der Waals surface area contributed by atoms with Gasteiger partial charge in [-0.1, -0.05) is 12.1 Å². The Morgan fingerprint density at radius 2 is 1.95 bits per heavy atom. The number of nitrogens with one attached hydrogen (secondary N) is 1. The lowest BCUT2D eigenvalue weighted by atomic mass is 10.1. The summed E-state index contributed by atoms with van der Waals surface area (Å²) >= 11 is 3.36. The fourth-order valence-corrected chi connectivity index (χ4v) is 2.23. The van der Waals surface area contributed by atoms with E-state index in [1.54, 1.807) is 19.1 Å². The van der Waals surface area contributed by atoms with Crippen molar-refractivity contribution in [3.8, 4) is 0 Å². The van der Waals surface area contributed by atoms with Gasteiger partial charge in [0.15, 0.2) is 0 Å². The highest BCUT2D eigenvalue weighted by Gasteiger charge is 2.19. The Kier molecular flexibility index (Phi) is 4.23. The van der Waals surface area contributed by atoms with Crippen molar-refractivity contribution in [3.05, 3.63) is 62.1 Å². The van der Waals surface area contributed by atoms with Crippen LogP contribution in [0.4, 0.5) is 17.1 Å². The molecule has 2 aromatic carbocycles. The van der Waals surface area contributed by atoms with Gasteiger partial charge >= 0.3 is 5.97 Å². The van der Waals surface area contributed by atoms with E-state index in [1.807, 2.05) is 12.1 Å². The lowest BCUT2D eigenvalue weighted by Crippen LogP contribution is -2.04. The second-order valence-corrected chi connectivity index (χ2v) is 5.19. The third kappa shape index (κ3) is 3.19. The first-order chi connectivity index (χ1) is 9.90. The number of para-hydroxylation sites is 1. The van der Waals surface area contributed by atoms with Gasteiger partial charge in [0.25, 0.3) is 5.69 Å². The maximum absolute atomic E-state index is 11.1. The van der Waals surface area contributed by atoms with Crippen LogP contribution >= 0.6 is 15.9 Å². The van der Waals surface area contributed by atoms with Gasteiger partial charge in [-0.05, 0) is 41.1 Å². The van der Waals surface area contributed by atoms with Crippen molar-refractivity contribution >= 4 is 39.0 Å². The third-order valence-corrected chi connectivity index (χ3v) is 3.66. The van der Waals surface area contributed by atoms with Crippen molar-refractivity contribution < 1.29 is 14.8 Å². The number of halogens is 1. The summed E-state index contributed by atoms with van der Waals surface area (Å²) in [5, 5.41) is 23.1. The van der Waals surface area contributed by atoms with E-state index >= 15 is 0 Å². The minimum atomic E-state index is -1.21. The Morgan fingerprint density at radius 3 is 2.52 bits per heavy atom. The molecule has 7 heteroatoms. The molecular weight excluding hydrogens is 340 g/mol. The van der Waals surface area contributed by atoms with Gasteiger partial charge in [-0.25, -0.2) is 4.79 Å². The second-order valence-electron chi connectivity index (χ2n) is 4.34. The van der Waals surface area contributed by atoms with Gasteiger partial charge in [0.1, 0.15) is 0 Å². The van der Waals surface area contributed by atoms with Gasteiger partial charge in [0.05, 0.1) is 21.7 Å². The molecule has 0 saturated carbocycles. The van der Waals surface area contributed by atoms with Crippen molar-refractivity contribution in [1.29, 1.82) is 0 Å². The van der Waals surface area contributed by atoms with E-state index in [2.05, 4.69) is 21.2 Å². The first kappa shape index (κ1) is 15.0. The van der Waals surface area contributed by atoms with E-state index in [0.29, 0.717) is 16.9 Å². The molecule has 2 aromatic rings. The summed E-state index contributed by atoms with van der Waals surface area (Å²) < 4.78 is 0.771. The van der Waals surface area contributed by atoms with Crippen LogP contribution in [0.25, 0.3) is 0 Å². The Labute approximate surface area is 128 Å². The zero-order valence-corrected chi connectivity index (χ0v) is 12.5. The fourth-order valence-electron chi connectivity index (χ4n) is 1.85. The quantitative estimate of drug-likeness (QED) is 0.639. The number of carbonyl (C=O) groups is 1. The minimum absolute atomic E-state index is 0.137. The normalized spacial score (nSPS) is 10.2. The highest BCUT2D eigenvalue weighted by molar-refractivity contribution is 9.10. The highest BCUT2D eigenvalue weighted by Crippen LogP contribution is 2.32. The largest absolute Gasteiger partial charge is 0.478 e. The van der Waals surface area contributed by atoms with Crippen LogP contribution in [0.3, 0.4) is 0 Å². The number of nitro benzene ring substituents is 1. The average Bonchev–Trinajstić information content (AvgIpc) is 2.42. The molecule has 2 rings (SSSR count). The number of hydrogen-bond donors (Lipinski definition) is 2. The van der Waals surface area contributed by atoms with Gasteiger partial charge < -0.3 is 10.4 Å². The Balaban J connectivity index is 2.55. The number of rotatable bonds is 4. The maximum atomic E-state index is 11.1. The van der Waals surface area contributed by atoms with E-state index in [9.17, 15) is 14.9 Å². The number of aromatic carboxylic acids is 1. The monoisotopic (exact) mass is 350 g/mol. The molecule has 0 aliphatic rings. The highest BCUT2D eigenvalue weighted by atomic mass is 79.9. The molecule has 0 heterocycles. The molecule has 6 nitrogen and oxygen atoms in total. The number of benzene rings is 2. The molecule has 0 bridgehead atoms. The van der Waals surface area contributed by atoms with E-state index in [-0.39, 0.29) is 11.3 Å². The van der Waals surface area contributed by atoms with Crippen molar-refractivity contribution in [3.63, 3.8) is 0 Å². The van der Waals surface area contributed by atoms with Gasteiger partial charge in [0, 0.05) is 16.2 Å². The molecule has 0 aromatic heterocycles. The summed E-state index contributed by atoms with van der Waals surface area (Å²) in [4.78, 5) is 21.6. The average molecular weight is 351 g/mol. The Morgan fingerprint density at radius 1 is 1.29 bits per heavy atom. The zero-order valence-electron chi connectivity index (χ0n) is 11.0. The van der Waals surface area contributed by atoms with Gasteiger partial charge in [-0.3, -0.25) is 10.1 Å². The topological polar surface area (TPSA) is 92.5 Å². The lowest BCUT2D eigenvalue weighted by Gasteiger charge is -2.12. The summed E-state index contributed by atoms with van der Waals surface area (Å²) in [6.45, 7) is 1.57. The summed E-state index contributed by atoms with van der Waals surface area (Å²) in [6.07, 6.45) is 0. The molecule has 0 aliphatic heterocycles. The fraction of sp³-hybridized carbons (Fsp3) is 0.0714. The van der Waals surface area contributed by atoms with Gasteiger partial charge in [-0.2, -0.15) is 0 Å². The van der Waals surface area contributed by atoms with Crippen LogP contribution in [-0.4, -0.2) is 16.0 Å². The van der Waals surface area contributed by atoms with Crippen LogP contribution in [0.1, 0.15) is 15.9 Å². The first-order valence-electron chi connectivity index (χ1n) is 5.94.